The summed E-state index contributed by atoms with van der Waals surface area (Å²) >= 11 is 0. The molecule has 1 atom stereocenters. The van der Waals surface area contributed by atoms with Crippen molar-refractivity contribution < 1.29 is 14.6 Å². The van der Waals surface area contributed by atoms with E-state index < -0.39 is 6.23 Å². The standard InChI is InChI=1S/C15H21NO3/c1-19-13-7-5-12(6-8-13)4-2-3-11-16-14(17)9-10-15(16)18/h5-8,14,17H,2-4,9-11H2,1H3. The summed E-state index contributed by atoms with van der Waals surface area (Å²) < 4.78 is 5.11. The van der Waals surface area contributed by atoms with Gasteiger partial charge in [0.25, 0.3) is 0 Å². The number of ether oxygens (including phenoxy) is 1. The van der Waals surface area contributed by atoms with Gasteiger partial charge in [0.1, 0.15) is 12.0 Å². The molecule has 1 aliphatic heterocycles. The van der Waals surface area contributed by atoms with Crippen LogP contribution in [-0.2, 0) is 11.2 Å². The van der Waals surface area contributed by atoms with Crippen molar-refractivity contribution in [1.29, 1.82) is 0 Å². The van der Waals surface area contributed by atoms with Crippen molar-refractivity contribution in [2.45, 2.75) is 38.3 Å². The molecular formula is C15H21NO3. The summed E-state index contributed by atoms with van der Waals surface area (Å²) in [7, 11) is 1.66. The lowest BCUT2D eigenvalue weighted by Crippen LogP contribution is -2.33. The van der Waals surface area contributed by atoms with E-state index in [1.807, 2.05) is 12.1 Å². The van der Waals surface area contributed by atoms with Gasteiger partial charge in [-0.3, -0.25) is 4.79 Å². The Morgan fingerprint density at radius 2 is 2.05 bits per heavy atom. The smallest absolute Gasteiger partial charge is 0.224 e. The minimum absolute atomic E-state index is 0.0805. The number of carbonyl (C=O) groups is 1. The maximum atomic E-state index is 11.5. The number of aryl methyl sites for hydroxylation is 1. The van der Waals surface area contributed by atoms with Gasteiger partial charge in [0.2, 0.25) is 5.91 Å². The molecule has 0 aromatic heterocycles. The van der Waals surface area contributed by atoms with Gasteiger partial charge in [0.15, 0.2) is 0 Å². The first-order valence-corrected chi connectivity index (χ1v) is 6.81. The first-order chi connectivity index (χ1) is 9.20. The van der Waals surface area contributed by atoms with Crippen LogP contribution in [0.4, 0.5) is 0 Å². The van der Waals surface area contributed by atoms with E-state index in [-0.39, 0.29) is 5.91 Å². The first-order valence-electron chi connectivity index (χ1n) is 6.81. The molecule has 0 bridgehead atoms. The second-order valence-electron chi connectivity index (χ2n) is 4.91. The molecule has 4 heteroatoms. The lowest BCUT2D eigenvalue weighted by atomic mass is 10.1. The number of methoxy groups -OCH3 is 1. The molecule has 19 heavy (non-hydrogen) atoms. The highest BCUT2D eigenvalue weighted by molar-refractivity contribution is 5.78. The van der Waals surface area contributed by atoms with E-state index in [1.54, 1.807) is 12.0 Å². The number of unbranched alkanes of at least 4 members (excludes halogenated alkanes) is 1. The maximum Gasteiger partial charge on any atom is 0.224 e. The van der Waals surface area contributed by atoms with Crippen LogP contribution >= 0.6 is 0 Å². The predicted octanol–water partition coefficient (Wildman–Crippen LogP) is 1.96. The van der Waals surface area contributed by atoms with Gasteiger partial charge in [-0.05, 0) is 37.0 Å². The molecular weight excluding hydrogens is 242 g/mol. The molecule has 1 N–H and O–H groups in total. The Kier molecular flexibility index (Phi) is 4.80. The maximum absolute atomic E-state index is 11.5. The molecule has 1 aromatic carbocycles. The van der Waals surface area contributed by atoms with E-state index in [0.717, 1.165) is 25.0 Å². The van der Waals surface area contributed by atoms with Crippen LogP contribution in [0.25, 0.3) is 0 Å². The summed E-state index contributed by atoms with van der Waals surface area (Å²) in [6.07, 6.45) is 3.44. The molecule has 0 spiro atoms. The number of carbonyl (C=O) groups excluding carboxylic acids is 1. The number of amides is 1. The molecule has 1 saturated heterocycles. The molecule has 0 saturated carbocycles. The number of aliphatic hydroxyl groups excluding tert-OH is 1. The highest BCUT2D eigenvalue weighted by atomic mass is 16.5. The zero-order valence-corrected chi connectivity index (χ0v) is 11.3. The van der Waals surface area contributed by atoms with Crippen LogP contribution < -0.4 is 4.74 Å². The van der Waals surface area contributed by atoms with Crippen LogP contribution in [0, 0.1) is 0 Å². The summed E-state index contributed by atoms with van der Waals surface area (Å²) in [4.78, 5) is 13.1. The third-order valence-corrected chi connectivity index (χ3v) is 3.57. The number of benzene rings is 1. The number of hydrogen-bond acceptors (Lipinski definition) is 3. The normalized spacial score (nSPS) is 18.9. The molecule has 1 aliphatic rings. The quantitative estimate of drug-likeness (QED) is 0.798. The number of aliphatic hydroxyl groups is 1. The first kappa shape index (κ1) is 13.9. The average Bonchev–Trinajstić information content (AvgIpc) is 2.75. The zero-order chi connectivity index (χ0) is 13.7. The Morgan fingerprint density at radius 3 is 2.63 bits per heavy atom. The molecule has 104 valence electrons. The lowest BCUT2D eigenvalue weighted by molar-refractivity contribution is -0.133. The number of hydrogen-bond donors (Lipinski definition) is 1. The minimum atomic E-state index is -0.562. The van der Waals surface area contributed by atoms with Crippen LogP contribution in [0.3, 0.4) is 0 Å². The highest BCUT2D eigenvalue weighted by Crippen LogP contribution is 2.18. The molecule has 1 unspecified atom stereocenters. The predicted molar refractivity (Wildman–Crippen MR) is 72.9 cm³/mol. The van der Waals surface area contributed by atoms with Crippen molar-refractivity contribution in [1.82, 2.24) is 4.90 Å². The lowest BCUT2D eigenvalue weighted by Gasteiger charge is -2.20. The van der Waals surface area contributed by atoms with Crippen molar-refractivity contribution in [2.24, 2.45) is 0 Å². The van der Waals surface area contributed by atoms with E-state index >= 15 is 0 Å². The van der Waals surface area contributed by atoms with Gasteiger partial charge in [-0.1, -0.05) is 12.1 Å². The van der Waals surface area contributed by atoms with Crippen molar-refractivity contribution in [2.75, 3.05) is 13.7 Å². The van der Waals surface area contributed by atoms with E-state index in [1.165, 1.54) is 5.56 Å². The van der Waals surface area contributed by atoms with Crippen LogP contribution in [0.1, 0.15) is 31.2 Å². The van der Waals surface area contributed by atoms with Gasteiger partial charge in [-0.2, -0.15) is 0 Å². The Bertz CT molecular complexity index is 416. The van der Waals surface area contributed by atoms with Crippen LogP contribution in [-0.4, -0.2) is 35.8 Å². The molecule has 2 rings (SSSR count). The molecule has 1 amide bonds. The average molecular weight is 263 g/mol. The van der Waals surface area contributed by atoms with E-state index in [4.69, 9.17) is 4.74 Å². The summed E-state index contributed by atoms with van der Waals surface area (Å²) in [6, 6.07) is 8.05. The van der Waals surface area contributed by atoms with E-state index in [9.17, 15) is 9.90 Å². The number of nitrogens with zero attached hydrogens (tertiary/aromatic N) is 1. The third-order valence-electron chi connectivity index (χ3n) is 3.57. The minimum Gasteiger partial charge on any atom is -0.497 e. The Labute approximate surface area is 114 Å². The van der Waals surface area contributed by atoms with Gasteiger partial charge in [0.05, 0.1) is 7.11 Å². The van der Waals surface area contributed by atoms with Crippen molar-refractivity contribution in [3.8, 4) is 5.75 Å². The summed E-state index contributed by atoms with van der Waals surface area (Å²) in [5.74, 6) is 0.950. The van der Waals surface area contributed by atoms with E-state index in [0.29, 0.717) is 19.4 Å². The van der Waals surface area contributed by atoms with Crippen LogP contribution in [0.2, 0.25) is 0 Å². The third kappa shape index (κ3) is 3.70. The van der Waals surface area contributed by atoms with Gasteiger partial charge in [-0.25, -0.2) is 0 Å². The molecule has 1 fully saturated rings. The fourth-order valence-electron chi connectivity index (χ4n) is 2.40. The molecule has 4 nitrogen and oxygen atoms in total. The fraction of sp³-hybridized carbons (Fsp3) is 0.533. The van der Waals surface area contributed by atoms with Crippen LogP contribution in [0.5, 0.6) is 5.75 Å². The highest BCUT2D eigenvalue weighted by Gasteiger charge is 2.28. The summed E-state index contributed by atoms with van der Waals surface area (Å²) in [5, 5.41) is 9.62. The topological polar surface area (TPSA) is 49.8 Å². The van der Waals surface area contributed by atoms with Crippen molar-refractivity contribution >= 4 is 5.91 Å². The van der Waals surface area contributed by atoms with Crippen molar-refractivity contribution in [3.63, 3.8) is 0 Å². The largest absolute Gasteiger partial charge is 0.497 e. The Balaban J connectivity index is 1.70. The second kappa shape index (κ2) is 6.57. The van der Waals surface area contributed by atoms with Gasteiger partial charge in [0, 0.05) is 19.4 Å². The van der Waals surface area contributed by atoms with Gasteiger partial charge < -0.3 is 14.7 Å². The number of rotatable bonds is 6. The summed E-state index contributed by atoms with van der Waals surface area (Å²) in [6.45, 7) is 0.663. The molecule has 0 radical (unpaired) electrons. The SMILES string of the molecule is COc1ccc(CCCCN2C(=O)CCC2O)cc1. The molecule has 1 heterocycles. The van der Waals surface area contributed by atoms with E-state index in [2.05, 4.69) is 12.1 Å². The second-order valence-corrected chi connectivity index (χ2v) is 4.91. The number of likely N-dealkylation sites (tertiary alicyclic amines) is 1. The Hall–Kier alpha value is -1.55. The molecule has 1 aromatic rings. The van der Waals surface area contributed by atoms with Crippen molar-refractivity contribution in [3.05, 3.63) is 29.8 Å². The van der Waals surface area contributed by atoms with Gasteiger partial charge in [-0.15, -0.1) is 0 Å². The summed E-state index contributed by atoms with van der Waals surface area (Å²) in [5.41, 5.74) is 1.27. The monoisotopic (exact) mass is 263 g/mol. The molecule has 0 aliphatic carbocycles. The Morgan fingerprint density at radius 1 is 1.32 bits per heavy atom. The van der Waals surface area contributed by atoms with Gasteiger partial charge >= 0.3 is 0 Å². The van der Waals surface area contributed by atoms with Crippen LogP contribution in [0.15, 0.2) is 24.3 Å². The fourth-order valence-corrected chi connectivity index (χ4v) is 2.40. The zero-order valence-electron chi connectivity index (χ0n) is 11.3.